The van der Waals surface area contributed by atoms with Crippen molar-refractivity contribution in [2.45, 2.75) is 52.5 Å². The van der Waals surface area contributed by atoms with Crippen molar-refractivity contribution in [1.82, 2.24) is 5.32 Å². The van der Waals surface area contributed by atoms with Crippen LogP contribution >= 0.6 is 11.6 Å². The van der Waals surface area contributed by atoms with Gasteiger partial charge in [0.1, 0.15) is 0 Å². The van der Waals surface area contributed by atoms with Crippen molar-refractivity contribution < 1.29 is 0 Å². The minimum Gasteiger partial charge on any atom is -0.310 e. The summed E-state index contributed by atoms with van der Waals surface area (Å²) in [6.45, 7) is 7.80. The molecule has 0 spiro atoms. The van der Waals surface area contributed by atoms with E-state index in [1.54, 1.807) is 0 Å². The van der Waals surface area contributed by atoms with Gasteiger partial charge >= 0.3 is 0 Å². The lowest BCUT2D eigenvalue weighted by Gasteiger charge is -2.24. The summed E-state index contributed by atoms with van der Waals surface area (Å²) < 4.78 is 0. The van der Waals surface area contributed by atoms with Gasteiger partial charge in [-0.1, -0.05) is 63.4 Å². The minimum atomic E-state index is 0.392. The summed E-state index contributed by atoms with van der Waals surface area (Å²) in [4.78, 5) is 0. The van der Waals surface area contributed by atoms with Gasteiger partial charge in [0.15, 0.2) is 0 Å². The van der Waals surface area contributed by atoms with Gasteiger partial charge in [0.25, 0.3) is 0 Å². The molecule has 1 nitrogen and oxygen atoms in total. The highest BCUT2D eigenvalue weighted by Crippen LogP contribution is 2.29. The molecular formula is C16H26ClN. The first-order valence-electron chi connectivity index (χ1n) is 7.20. The molecule has 0 saturated heterocycles. The quantitative estimate of drug-likeness (QED) is 0.682. The van der Waals surface area contributed by atoms with Crippen LogP contribution in [0.2, 0.25) is 5.02 Å². The molecule has 1 aromatic rings. The van der Waals surface area contributed by atoms with Crippen LogP contribution in [0.25, 0.3) is 0 Å². The summed E-state index contributed by atoms with van der Waals surface area (Å²) in [7, 11) is 0. The second-order valence-electron chi connectivity index (χ2n) is 4.95. The fourth-order valence-corrected chi connectivity index (χ4v) is 2.62. The van der Waals surface area contributed by atoms with Crippen LogP contribution in [-0.2, 0) is 0 Å². The van der Waals surface area contributed by atoms with Crippen molar-refractivity contribution in [3.63, 3.8) is 0 Å². The molecule has 1 atom stereocenters. The van der Waals surface area contributed by atoms with Crippen LogP contribution in [-0.4, -0.2) is 6.54 Å². The average Bonchev–Trinajstić information content (AvgIpc) is 2.40. The van der Waals surface area contributed by atoms with Gasteiger partial charge < -0.3 is 5.32 Å². The van der Waals surface area contributed by atoms with Gasteiger partial charge in [0, 0.05) is 11.1 Å². The Labute approximate surface area is 117 Å². The van der Waals surface area contributed by atoms with Crippen LogP contribution in [0.15, 0.2) is 24.3 Å². The molecule has 102 valence electrons. The highest BCUT2D eigenvalue weighted by molar-refractivity contribution is 6.31. The van der Waals surface area contributed by atoms with Gasteiger partial charge in [0.2, 0.25) is 0 Å². The van der Waals surface area contributed by atoms with E-state index in [2.05, 4.69) is 38.2 Å². The van der Waals surface area contributed by atoms with E-state index >= 15 is 0 Å². The zero-order chi connectivity index (χ0) is 13.4. The SMILES string of the molecule is CCCNC(CC(CC)CC)c1ccccc1Cl. The maximum absolute atomic E-state index is 6.33. The topological polar surface area (TPSA) is 12.0 Å². The molecule has 0 aliphatic heterocycles. The van der Waals surface area contributed by atoms with Crippen molar-refractivity contribution in [2.75, 3.05) is 6.54 Å². The van der Waals surface area contributed by atoms with Crippen LogP contribution in [0, 0.1) is 5.92 Å². The number of hydrogen-bond donors (Lipinski definition) is 1. The number of rotatable bonds is 8. The molecule has 1 unspecified atom stereocenters. The largest absolute Gasteiger partial charge is 0.310 e. The third kappa shape index (κ3) is 4.62. The lowest BCUT2D eigenvalue weighted by atomic mass is 9.91. The highest BCUT2D eigenvalue weighted by Gasteiger charge is 2.17. The normalized spacial score (nSPS) is 12.9. The molecule has 1 rings (SSSR count). The molecule has 18 heavy (non-hydrogen) atoms. The summed E-state index contributed by atoms with van der Waals surface area (Å²) in [5.41, 5.74) is 1.25. The molecule has 0 aromatic heterocycles. The molecule has 0 aliphatic rings. The monoisotopic (exact) mass is 267 g/mol. The second kappa shape index (κ2) is 8.55. The van der Waals surface area contributed by atoms with Crippen molar-refractivity contribution in [1.29, 1.82) is 0 Å². The Morgan fingerprint density at radius 1 is 1.11 bits per heavy atom. The van der Waals surface area contributed by atoms with Gasteiger partial charge in [0.05, 0.1) is 0 Å². The average molecular weight is 268 g/mol. The van der Waals surface area contributed by atoms with Crippen LogP contribution in [0.3, 0.4) is 0 Å². The predicted molar refractivity (Wildman–Crippen MR) is 81.2 cm³/mol. The number of benzene rings is 1. The smallest absolute Gasteiger partial charge is 0.0453 e. The molecular weight excluding hydrogens is 242 g/mol. The van der Waals surface area contributed by atoms with Crippen molar-refractivity contribution in [3.05, 3.63) is 34.9 Å². The molecule has 0 bridgehead atoms. The van der Waals surface area contributed by atoms with Gasteiger partial charge in [-0.25, -0.2) is 0 Å². The van der Waals surface area contributed by atoms with E-state index in [4.69, 9.17) is 11.6 Å². The molecule has 0 saturated carbocycles. The van der Waals surface area contributed by atoms with Crippen molar-refractivity contribution in [2.24, 2.45) is 5.92 Å². The first-order valence-corrected chi connectivity index (χ1v) is 7.58. The Morgan fingerprint density at radius 2 is 1.78 bits per heavy atom. The summed E-state index contributed by atoms with van der Waals surface area (Å²) >= 11 is 6.33. The third-order valence-corrected chi connectivity index (χ3v) is 3.99. The van der Waals surface area contributed by atoms with E-state index in [1.807, 2.05) is 12.1 Å². The van der Waals surface area contributed by atoms with Crippen LogP contribution in [0.5, 0.6) is 0 Å². The minimum absolute atomic E-state index is 0.392. The molecule has 0 amide bonds. The first-order chi connectivity index (χ1) is 8.72. The predicted octanol–water partition coefficient (Wildman–Crippen LogP) is 5.21. The molecule has 1 aromatic carbocycles. The number of hydrogen-bond acceptors (Lipinski definition) is 1. The summed E-state index contributed by atoms with van der Waals surface area (Å²) in [5.74, 6) is 0.774. The van der Waals surface area contributed by atoms with Crippen LogP contribution in [0.1, 0.15) is 58.1 Å². The Bertz CT molecular complexity index is 334. The zero-order valence-corrected chi connectivity index (χ0v) is 12.6. The Hall–Kier alpha value is -0.530. The Kier molecular flexibility index (Phi) is 7.38. The van der Waals surface area contributed by atoms with Gasteiger partial charge in [-0.2, -0.15) is 0 Å². The summed E-state index contributed by atoms with van der Waals surface area (Å²) in [6, 6.07) is 8.61. The van der Waals surface area contributed by atoms with Gasteiger partial charge in [-0.3, -0.25) is 0 Å². The van der Waals surface area contributed by atoms with E-state index in [-0.39, 0.29) is 0 Å². The number of nitrogens with one attached hydrogen (secondary N) is 1. The van der Waals surface area contributed by atoms with E-state index in [0.717, 1.165) is 23.9 Å². The molecule has 2 heteroatoms. The zero-order valence-electron chi connectivity index (χ0n) is 11.9. The maximum atomic E-state index is 6.33. The lowest BCUT2D eigenvalue weighted by molar-refractivity contribution is 0.371. The Morgan fingerprint density at radius 3 is 2.33 bits per heavy atom. The van der Waals surface area contributed by atoms with E-state index < -0.39 is 0 Å². The molecule has 0 aliphatic carbocycles. The molecule has 0 heterocycles. The standard InChI is InChI=1S/C16H26ClN/c1-4-11-18-16(12-13(5-2)6-3)14-9-7-8-10-15(14)17/h7-10,13,16,18H,4-6,11-12H2,1-3H3. The van der Waals surface area contributed by atoms with Gasteiger partial charge in [-0.05, 0) is 36.9 Å². The molecule has 1 N–H and O–H groups in total. The lowest BCUT2D eigenvalue weighted by Crippen LogP contribution is -2.24. The van der Waals surface area contributed by atoms with Crippen LogP contribution in [0.4, 0.5) is 0 Å². The van der Waals surface area contributed by atoms with E-state index in [9.17, 15) is 0 Å². The van der Waals surface area contributed by atoms with Crippen molar-refractivity contribution >= 4 is 11.6 Å². The fraction of sp³-hybridized carbons (Fsp3) is 0.625. The summed E-state index contributed by atoms with van der Waals surface area (Å²) in [5, 5.41) is 4.53. The fourth-order valence-electron chi connectivity index (χ4n) is 2.35. The van der Waals surface area contributed by atoms with E-state index in [1.165, 1.54) is 24.8 Å². The third-order valence-electron chi connectivity index (χ3n) is 3.65. The first kappa shape index (κ1) is 15.5. The Balaban J connectivity index is 2.80. The summed E-state index contributed by atoms with van der Waals surface area (Å²) in [6.07, 6.45) is 4.82. The maximum Gasteiger partial charge on any atom is 0.0453 e. The molecule has 0 fully saturated rings. The van der Waals surface area contributed by atoms with Crippen LogP contribution < -0.4 is 5.32 Å². The van der Waals surface area contributed by atoms with Crippen molar-refractivity contribution in [3.8, 4) is 0 Å². The van der Waals surface area contributed by atoms with E-state index in [0.29, 0.717) is 6.04 Å². The highest BCUT2D eigenvalue weighted by atomic mass is 35.5. The second-order valence-corrected chi connectivity index (χ2v) is 5.35. The number of halogens is 1. The van der Waals surface area contributed by atoms with Gasteiger partial charge in [-0.15, -0.1) is 0 Å². The molecule has 0 radical (unpaired) electrons.